The van der Waals surface area contributed by atoms with Crippen LogP contribution >= 0.6 is 0 Å². The Morgan fingerprint density at radius 1 is 0.395 bits per heavy atom. The number of hydrogen-bond donors (Lipinski definition) is 0. The van der Waals surface area contributed by atoms with Crippen LogP contribution in [0.2, 0.25) is 0 Å². The third kappa shape index (κ3) is 19.1. The molecular weight excluding hydrogens is 472 g/mol. The van der Waals surface area contributed by atoms with E-state index in [0.717, 1.165) is 25.7 Å². The van der Waals surface area contributed by atoms with Gasteiger partial charge < -0.3 is 9.47 Å². The summed E-state index contributed by atoms with van der Waals surface area (Å²) in [6.45, 7) is 9.08. The molecule has 0 radical (unpaired) electrons. The second kappa shape index (κ2) is 27.5. The molecule has 0 unspecified atom stereocenters. The van der Waals surface area contributed by atoms with E-state index >= 15 is 0 Å². The van der Waals surface area contributed by atoms with Crippen LogP contribution in [0.25, 0.3) is 0 Å². The Hall–Kier alpha value is -1.06. The highest BCUT2D eigenvalue weighted by molar-refractivity contribution is 5.99. The number of ether oxygens (including phenoxy) is 2. The van der Waals surface area contributed by atoms with Crippen molar-refractivity contribution in [3.05, 3.63) is 0 Å². The van der Waals surface area contributed by atoms with E-state index in [0.29, 0.717) is 26.1 Å². The van der Waals surface area contributed by atoms with Gasteiger partial charge in [0.1, 0.15) is 0 Å². The highest BCUT2D eigenvalue weighted by atomic mass is 16.6. The van der Waals surface area contributed by atoms with E-state index in [4.69, 9.17) is 9.47 Å². The van der Waals surface area contributed by atoms with Crippen molar-refractivity contribution in [2.24, 2.45) is 5.41 Å². The van der Waals surface area contributed by atoms with Crippen molar-refractivity contribution in [2.75, 3.05) is 13.2 Å². The van der Waals surface area contributed by atoms with Crippen LogP contribution in [0.1, 0.15) is 188 Å². The Morgan fingerprint density at radius 2 is 0.632 bits per heavy atom. The van der Waals surface area contributed by atoms with Crippen LogP contribution in [0.5, 0.6) is 0 Å². The lowest BCUT2D eigenvalue weighted by Gasteiger charge is -2.27. The zero-order valence-corrected chi connectivity index (χ0v) is 26.2. The van der Waals surface area contributed by atoms with Gasteiger partial charge in [0.05, 0.1) is 13.2 Å². The number of esters is 2. The van der Waals surface area contributed by atoms with Gasteiger partial charge in [-0.05, 0) is 25.7 Å². The summed E-state index contributed by atoms with van der Waals surface area (Å²) in [5.41, 5.74) is -1.14. The van der Waals surface area contributed by atoms with Crippen LogP contribution in [-0.2, 0) is 19.1 Å². The van der Waals surface area contributed by atoms with Crippen molar-refractivity contribution >= 4 is 11.9 Å². The molecular formula is C34H66O4. The Labute approximate surface area is 237 Å². The molecule has 0 aromatic rings. The Balaban J connectivity index is 3.80. The summed E-state index contributed by atoms with van der Waals surface area (Å²) < 4.78 is 11.1. The highest BCUT2D eigenvalue weighted by Crippen LogP contribution is 2.30. The van der Waals surface area contributed by atoms with Crippen LogP contribution < -0.4 is 0 Å². The van der Waals surface area contributed by atoms with Crippen molar-refractivity contribution in [1.29, 1.82) is 0 Å². The SMILES string of the molecule is CCCCCCCCCCCCCCCCCCOC(=O)C(CC)(CC)C(=O)OCCCCCCCCC. The maximum Gasteiger partial charge on any atom is 0.323 e. The number of carbonyl (C=O) groups excluding carboxylic acids is 2. The summed E-state index contributed by atoms with van der Waals surface area (Å²) >= 11 is 0. The predicted octanol–water partition coefficient (Wildman–Crippen LogP) is 10.9. The van der Waals surface area contributed by atoms with Crippen LogP contribution in [0.4, 0.5) is 0 Å². The number of rotatable bonds is 29. The molecule has 0 spiro atoms. The van der Waals surface area contributed by atoms with Gasteiger partial charge in [-0.3, -0.25) is 9.59 Å². The normalized spacial score (nSPS) is 11.6. The molecule has 0 aliphatic carbocycles. The van der Waals surface area contributed by atoms with Crippen LogP contribution in [0.15, 0.2) is 0 Å². The lowest BCUT2D eigenvalue weighted by molar-refractivity contribution is -0.173. The average Bonchev–Trinajstić information content (AvgIpc) is 2.93. The third-order valence-electron chi connectivity index (χ3n) is 8.20. The largest absolute Gasteiger partial charge is 0.465 e. The maximum absolute atomic E-state index is 12.8. The van der Waals surface area contributed by atoms with E-state index in [-0.39, 0.29) is 0 Å². The quantitative estimate of drug-likeness (QED) is 0.0540. The van der Waals surface area contributed by atoms with E-state index in [2.05, 4.69) is 13.8 Å². The number of carbonyl (C=O) groups is 2. The first-order chi connectivity index (χ1) is 18.6. The summed E-state index contributed by atoms with van der Waals surface area (Å²) in [5.74, 6) is -0.793. The molecule has 0 saturated heterocycles. The molecule has 4 heteroatoms. The fourth-order valence-electron chi connectivity index (χ4n) is 5.23. The second-order valence-corrected chi connectivity index (χ2v) is 11.5. The summed E-state index contributed by atoms with van der Waals surface area (Å²) in [4.78, 5) is 25.6. The first-order valence-electron chi connectivity index (χ1n) is 16.9. The molecule has 0 heterocycles. The van der Waals surface area contributed by atoms with Gasteiger partial charge in [-0.15, -0.1) is 0 Å². The fourth-order valence-corrected chi connectivity index (χ4v) is 5.23. The van der Waals surface area contributed by atoms with Crippen LogP contribution in [-0.4, -0.2) is 25.2 Å². The van der Waals surface area contributed by atoms with E-state index in [1.54, 1.807) is 0 Å². The van der Waals surface area contributed by atoms with Crippen molar-refractivity contribution in [1.82, 2.24) is 0 Å². The molecule has 38 heavy (non-hydrogen) atoms. The molecule has 0 aromatic carbocycles. The molecule has 0 amide bonds. The monoisotopic (exact) mass is 538 g/mol. The van der Waals surface area contributed by atoms with Gasteiger partial charge >= 0.3 is 11.9 Å². The molecule has 0 bridgehead atoms. The topological polar surface area (TPSA) is 52.6 Å². The lowest BCUT2D eigenvalue weighted by atomic mass is 9.82. The van der Waals surface area contributed by atoms with Gasteiger partial charge in [-0.1, -0.05) is 163 Å². The third-order valence-corrected chi connectivity index (χ3v) is 8.20. The lowest BCUT2D eigenvalue weighted by Crippen LogP contribution is -2.41. The zero-order chi connectivity index (χ0) is 28.2. The van der Waals surface area contributed by atoms with Crippen molar-refractivity contribution in [3.63, 3.8) is 0 Å². The van der Waals surface area contributed by atoms with E-state index in [1.807, 2.05) is 13.8 Å². The predicted molar refractivity (Wildman–Crippen MR) is 162 cm³/mol. The van der Waals surface area contributed by atoms with Gasteiger partial charge in [0, 0.05) is 0 Å². The average molecular weight is 539 g/mol. The van der Waals surface area contributed by atoms with Gasteiger partial charge in [-0.25, -0.2) is 0 Å². The van der Waals surface area contributed by atoms with E-state index < -0.39 is 17.4 Å². The van der Waals surface area contributed by atoms with Crippen molar-refractivity contribution in [2.45, 2.75) is 188 Å². The van der Waals surface area contributed by atoms with E-state index in [1.165, 1.54) is 122 Å². The fraction of sp³-hybridized carbons (Fsp3) is 0.941. The molecule has 4 nitrogen and oxygen atoms in total. The summed E-state index contributed by atoms with van der Waals surface area (Å²) in [6, 6.07) is 0. The first kappa shape index (κ1) is 36.9. The molecule has 0 atom stereocenters. The standard InChI is InChI=1S/C34H66O4/c1-5-9-11-13-15-16-17-18-19-20-21-22-23-25-27-29-31-38-33(36)34(7-3,8-4)32(35)37-30-28-26-24-14-12-10-6-2/h5-31H2,1-4H3. The summed E-state index contributed by atoms with van der Waals surface area (Å²) in [5, 5.41) is 0. The van der Waals surface area contributed by atoms with Crippen molar-refractivity contribution < 1.29 is 19.1 Å². The Bertz CT molecular complexity index is 527. The highest BCUT2D eigenvalue weighted by Gasteiger charge is 2.45. The van der Waals surface area contributed by atoms with Gasteiger partial charge in [0.2, 0.25) is 0 Å². The van der Waals surface area contributed by atoms with Crippen LogP contribution in [0.3, 0.4) is 0 Å². The molecule has 0 aliphatic rings. The van der Waals surface area contributed by atoms with Crippen molar-refractivity contribution in [3.8, 4) is 0 Å². The van der Waals surface area contributed by atoms with Gasteiger partial charge in [0.15, 0.2) is 5.41 Å². The summed E-state index contributed by atoms with van der Waals surface area (Å²) in [6.07, 6.45) is 30.2. The minimum atomic E-state index is -1.14. The molecule has 0 fully saturated rings. The van der Waals surface area contributed by atoms with Gasteiger partial charge in [-0.2, -0.15) is 0 Å². The molecule has 0 saturated carbocycles. The Kier molecular flexibility index (Phi) is 26.7. The van der Waals surface area contributed by atoms with Gasteiger partial charge in [0.25, 0.3) is 0 Å². The number of unbranched alkanes of at least 4 members (excludes halogenated alkanes) is 21. The maximum atomic E-state index is 12.8. The molecule has 0 aromatic heterocycles. The molecule has 0 aliphatic heterocycles. The first-order valence-corrected chi connectivity index (χ1v) is 16.9. The minimum Gasteiger partial charge on any atom is -0.465 e. The molecule has 0 rings (SSSR count). The smallest absolute Gasteiger partial charge is 0.323 e. The summed E-state index contributed by atoms with van der Waals surface area (Å²) in [7, 11) is 0. The number of hydrogen-bond acceptors (Lipinski definition) is 4. The zero-order valence-electron chi connectivity index (χ0n) is 26.2. The molecule has 0 N–H and O–H groups in total. The second-order valence-electron chi connectivity index (χ2n) is 11.5. The Morgan fingerprint density at radius 3 is 0.868 bits per heavy atom. The molecule has 226 valence electrons. The van der Waals surface area contributed by atoms with Crippen LogP contribution in [0, 0.1) is 5.41 Å². The minimum absolute atomic E-state index is 0.395. The van der Waals surface area contributed by atoms with E-state index in [9.17, 15) is 9.59 Å².